The molecule has 1 unspecified atom stereocenters. The van der Waals surface area contributed by atoms with Crippen molar-refractivity contribution in [3.8, 4) is 0 Å². The molecule has 118 valence electrons. The maximum absolute atomic E-state index is 8.33. The Hall–Kier alpha value is -1.39. The van der Waals surface area contributed by atoms with E-state index in [0.717, 1.165) is 5.56 Å². The van der Waals surface area contributed by atoms with Crippen molar-refractivity contribution in [3.63, 3.8) is 0 Å². The Morgan fingerprint density at radius 2 is 1.59 bits per heavy atom. The minimum absolute atomic E-state index is 0.0916. The van der Waals surface area contributed by atoms with Gasteiger partial charge in [0.2, 0.25) is 0 Å². The summed E-state index contributed by atoms with van der Waals surface area (Å²) in [5, 5.41) is 0. The second-order valence-electron chi connectivity index (χ2n) is 4.31. The van der Waals surface area contributed by atoms with Crippen LogP contribution in [0.25, 0.3) is 0 Å². The molecule has 4 heteroatoms. The molecule has 0 amide bonds. The van der Waals surface area contributed by atoms with Crippen molar-refractivity contribution in [3.05, 3.63) is 71.8 Å². The van der Waals surface area contributed by atoms with Gasteiger partial charge in [-0.05, 0) is 11.1 Å². The molecule has 0 aliphatic rings. The highest BCUT2D eigenvalue weighted by Crippen LogP contribution is 2.05. The fraction of sp³-hybridized carbons (Fsp3) is 0.333. The van der Waals surface area contributed by atoms with Gasteiger partial charge in [-0.2, -0.15) is 0 Å². The molecule has 0 aliphatic heterocycles. The van der Waals surface area contributed by atoms with Crippen LogP contribution < -0.4 is 0 Å². The minimum Gasteiger partial charge on any atom is -0.374 e. The molecule has 2 aromatic carbocycles. The van der Waals surface area contributed by atoms with Gasteiger partial charge < -0.3 is 14.2 Å². The van der Waals surface area contributed by atoms with Crippen molar-refractivity contribution in [2.24, 2.45) is 0 Å². The number of benzene rings is 2. The van der Waals surface area contributed by atoms with E-state index >= 15 is 0 Å². The van der Waals surface area contributed by atoms with Crippen LogP contribution in [-0.4, -0.2) is 25.3 Å². The van der Waals surface area contributed by atoms with Crippen molar-refractivity contribution in [1.82, 2.24) is 0 Å². The first-order valence-corrected chi connectivity index (χ1v) is 7.31. The highest BCUT2D eigenvalue weighted by molar-refractivity contribution is 6.17. The predicted molar refractivity (Wildman–Crippen MR) is 87.8 cm³/mol. The number of hydrogen-bond donors (Lipinski definition) is 0. The molecular formula is C18H21ClO3. The molecule has 1 atom stereocenters. The third-order valence-corrected chi connectivity index (χ3v) is 2.77. The van der Waals surface area contributed by atoms with Gasteiger partial charge in [-0.25, -0.2) is 0 Å². The highest BCUT2D eigenvalue weighted by Gasteiger charge is 2.10. The van der Waals surface area contributed by atoms with E-state index in [-0.39, 0.29) is 12.2 Å². The summed E-state index contributed by atoms with van der Waals surface area (Å²) in [5.41, 5.74) is 0.958. The van der Waals surface area contributed by atoms with Gasteiger partial charge >= 0.3 is 0 Å². The van der Waals surface area contributed by atoms with Gasteiger partial charge in [0.1, 0.15) is 12.1 Å². The molecule has 0 fully saturated rings. The number of alkyl halides is 1. The van der Waals surface area contributed by atoms with E-state index in [1.165, 1.54) is 12.1 Å². The maximum atomic E-state index is 8.33. The summed E-state index contributed by atoms with van der Waals surface area (Å²) in [5.74, 6) is 0. The van der Waals surface area contributed by atoms with Gasteiger partial charge in [0.05, 0.1) is 33.2 Å². The molecule has 2 aromatic rings. The summed E-state index contributed by atoms with van der Waals surface area (Å²) < 4.78 is 56.2. The van der Waals surface area contributed by atoms with Gasteiger partial charge in [-0.15, -0.1) is 0 Å². The van der Waals surface area contributed by atoms with Crippen LogP contribution in [0.15, 0.2) is 60.7 Å². The Balaban J connectivity index is 2.10. The van der Waals surface area contributed by atoms with Crippen molar-refractivity contribution < 1.29 is 21.1 Å². The third kappa shape index (κ3) is 6.58. The van der Waals surface area contributed by atoms with Crippen LogP contribution in [0.5, 0.6) is 0 Å². The molecule has 0 saturated carbocycles. The zero-order valence-corrected chi connectivity index (χ0v) is 12.8. The van der Waals surface area contributed by atoms with Gasteiger partial charge in [0, 0.05) is 0 Å². The summed E-state index contributed by atoms with van der Waals surface area (Å²) in [7, 11) is 0. The molecule has 0 radical (unpaired) electrons. The molecule has 0 saturated heterocycles. The van der Waals surface area contributed by atoms with Crippen LogP contribution in [0.4, 0.5) is 0 Å². The van der Waals surface area contributed by atoms with Gasteiger partial charge in [0.15, 0.2) is 0 Å². The molecule has 0 aromatic heterocycles. The van der Waals surface area contributed by atoms with E-state index in [9.17, 15) is 0 Å². The minimum atomic E-state index is -2.61. The van der Waals surface area contributed by atoms with Crippen molar-refractivity contribution in [2.45, 2.75) is 19.2 Å². The Labute approximate surface area is 143 Å². The Bertz CT molecular complexity index is 703. The molecule has 3 nitrogen and oxygen atoms in total. The second kappa shape index (κ2) is 10.4. The summed E-state index contributed by atoms with van der Waals surface area (Å²) in [6.07, 6.45) is -2.37. The van der Waals surface area contributed by atoms with Gasteiger partial charge in [-0.1, -0.05) is 72.3 Å². The van der Waals surface area contributed by atoms with Crippen LogP contribution in [0.3, 0.4) is 0 Å². The van der Waals surface area contributed by atoms with Crippen LogP contribution in [-0.2, 0) is 27.4 Å². The van der Waals surface area contributed by atoms with Crippen LogP contribution in [0.2, 0.25) is 0 Å². The van der Waals surface area contributed by atoms with E-state index in [4.69, 9.17) is 32.7 Å². The molecule has 2 rings (SSSR count). The summed E-state index contributed by atoms with van der Waals surface area (Å²) in [6, 6.07) is 16.6. The molecule has 0 heterocycles. The van der Waals surface area contributed by atoms with E-state index in [1.54, 1.807) is 42.5 Å². The van der Waals surface area contributed by atoms with Crippen molar-refractivity contribution >= 4 is 11.6 Å². The molecule has 22 heavy (non-hydrogen) atoms. The lowest BCUT2D eigenvalue weighted by atomic mass is 10.2. The molecule has 0 bridgehead atoms. The first kappa shape index (κ1) is 11.2. The number of ether oxygens (including phenoxy) is 3. The van der Waals surface area contributed by atoms with Gasteiger partial charge in [0.25, 0.3) is 0 Å². The topological polar surface area (TPSA) is 27.7 Å². The van der Waals surface area contributed by atoms with E-state index in [1.807, 2.05) is 6.07 Å². The molecular weight excluding hydrogens is 300 g/mol. The lowest BCUT2D eigenvalue weighted by molar-refractivity contribution is -0.0540. The van der Waals surface area contributed by atoms with E-state index < -0.39 is 31.9 Å². The van der Waals surface area contributed by atoms with Crippen molar-refractivity contribution in [2.75, 3.05) is 19.2 Å². The largest absolute Gasteiger partial charge is 0.374 e. The van der Waals surface area contributed by atoms with Crippen LogP contribution >= 0.6 is 11.6 Å². The number of halogens is 1. The average molecular weight is 326 g/mol. The Morgan fingerprint density at radius 1 is 0.955 bits per heavy atom. The highest BCUT2D eigenvalue weighted by atomic mass is 35.5. The zero-order chi connectivity index (χ0) is 20.0. The molecule has 0 aliphatic carbocycles. The van der Waals surface area contributed by atoms with E-state index in [2.05, 4.69) is 0 Å². The van der Waals surface area contributed by atoms with Crippen molar-refractivity contribution in [1.29, 1.82) is 0 Å². The molecule has 0 spiro atoms. The quantitative estimate of drug-likeness (QED) is 0.618. The summed E-state index contributed by atoms with van der Waals surface area (Å²) in [6.45, 7) is -5.67. The predicted octanol–water partition coefficient (Wildman–Crippen LogP) is 4.00. The molecule has 0 N–H and O–H groups in total. The van der Waals surface area contributed by atoms with Crippen LogP contribution in [0.1, 0.15) is 18.0 Å². The summed E-state index contributed by atoms with van der Waals surface area (Å²) in [4.78, 5) is 0. The first-order valence-electron chi connectivity index (χ1n) is 9.27. The fourth-order valence-corrected chi connectivity index (χ4v) is 1.76. The van der Waals surface area contributed by atoms with E-state index in [0.29, 0.717) is 0 Å². The smallest absolute Gasteiger partial charge is 0.121 e. The van der Waals surface area contributed by atoms with Gasteiger partial charge in [-0.3, -0.25) is 0 Å². The lowest BCUT2D eigenvalue weighted by Gasteiger charge is -2.17. The second-order valence-corrected chi connectivity index (χ2v) is 4.53. The zero-order valence-electron chi connectivity index (χ0n) is 17.0. The first-order chi connectivity index (χ1) is 12.7. The third-order valence-electron chi connectivity index (χ3n) is 2.66. The standard InChI is InChI=1S/C18H21ClO3/c19-15-22-18(13-20-11-16-7-3-1-4-8-16)14-21-12-17-9-5-2-6-10-17/h1-10,18H,11-15H2/i11D2,14D2,18D. The maximum Gasteiger partial charge on any atom is 0.121 e. The normalized spacial score (nSPS) is 18.3. The summed E-state index contributed by atoms with van der Waals surface area (Å²) >= 11 is 5.56. The number of rotatable bonds is 10. The monoisotopic (exact) mass is 325 g/mol. The SMILES string of the molecule is [2H]C([2H])(OCC([2H])(OCCl)C([2H])([2H])OCc1ccccc1)c1ccccc1. The number of hydrogen-bond acceptors (Lipinski definition) is 3. The Morgan fingerprint density at radius 3 is 2.23 bits per heavy atom. The average Bonchev–Trinajstić information content (AvgIpc) is 2.67. The Kier molecular flexibility index (Phi) is 5.27. The fourth-order valence-electron chi connectivity index (χ4n) is 1.63. The van der Waals surface area contributed by atoms with Crippen LogP contribution in [0, 0.1) is 0 Å². The lowest BCUT2D eigenvalue weighted by Crippen LogP contribution is -2.25.